The van der Waals surface area contributed by atoms with Gasteiger partial charge in [-0.15, -0.1) is 0 Å². The van der Waals surface area contributed by atoms with Gasteiger partial charge in [0.25, 0.3) is 5.91 Å². The molecule has 1 fully saturated rings. The Morgan fingerprint density at radius 3 is 2.35 bits per heavy atom. The Hall–Kier alpha value is -1.71. The Bertz CT molecular complexity index is 479. The number of amides is 1. The minimum atomic E-state index is 0.0777. The number of rotatable bonds is 3. The van der Waals surface area contributed by atoms with Crippen molar-refractivity contribution in [3.05, 3.63) is 23.8 Å². The minimum absolute atomic E-state index is 0.0777. The van der Waals surface area contributed by atoms with E-state index in [2.05, 4.69) is 0 Å². The summed E-state index contributed by atoms with van der Waals surface area (Å²) in [6.45, 7) is 0. The van der Waals surface area contributed by atoms with E-state index in [9.17, 15) is 4.79 Å². The van der Waals surface area contributed by atoms with Crippen molar-refractivity contribution in [2.45, 2.75) is 38.1 Å². The molecule has 0 radical (unpaired) electrons. The molecule has 0 heterocycles. The van der Waals surface area contributed by atoms with E-state index in [1.54, 1.807) is 6.07 Å². The van der Waals surface area contributed by atoms with Crippen LogP contribution in [0, 0.1) is 0 Å². The first kappa shape index (κ1) is 14.7. The highest BCUT2D eigenvalue weighted by molar-refractivity contribution is 5.96. The minimum Gasteiger partial charge on any atom is -0.397 e. The summed E-state index contributed by atoms with van der Waals surface area (Å²) in [5, 5.41) is 0. The Balaban J connectivity index is 2.14. The summed E-state index contributed by atoms with van der Waals surface area (Å²) in [5.41, 5.74) is 8.30. The van der Waals surface area contributed by atoms with E-state index in [0.29, 0.717) is 17.3 Å². The molecule has 0 bridgehead atoms. The Morgan fingerprint density at radius 2 is 1.80 bits per heavy atom. The summed E-state index contributed by atoms with van der Waals surface area (Å²) < 4.78 is 0. The fourth-order valence-corrected chi connectivity index (χ4v) is 2.93. The molecule has 2 N–H and O–H groups in total. The molecule has 0 spiro atoms. The van der Waals surface area contributed by atoms with Gasteiger partial charge >= 0.3 is 0 Å². The van der Waals surface area contributed by atoms with Gasteiger partial charge in [0, 0.05) is 32.7 Å². The van der Waals surface area contributed by atoms with Crippen molar-refractivity contribution in [1.82, 2.24) is 4.90 Å². The van der Waals surface area contributed by atoms with Gasteiger partial charge in [-0.2, -0.15) is 0 Å². The summed E-state index contributed by atoms with van der Waals surface area (Å²) in [5.74, 6) is 0.0777. The quantitative estimate of drug-likeness (QED) is 0.863. The molecular formula is C16H25N3O. The second kappa shape index (κ2) is 6.16. The molecule has 1 aromatic carbocycles. The number of nitrogens with two attached hydrogens (primary N) is 1. The maximum Gasteiger partial charge on any atom is 0.253 e. The van der Waals surface area contributed by atoms with Gasteiger partial charge in [0.15, 0.2) is 0 Å². The number of carbonyl (C=O) groups excluding carboxylic acids is 1. The number of anilines is 2. The molecule has 1 saturated carbocycles. The first-order valence-corrected chi connectivity index (χ1v) is 7.34. The van der Waals surface area contributed by atoms with E-state index in [0.717, 1.165) is 18.5 Å². The molecule has 0 saturated heterocycles. The van der Waals surface area contributed by atoms with Crippen LogP contribution in [-0.4, -0.2) is 38.0 Å². The van der Waals surface area contributed by atoms with Crippen LogP contribution >= 0.6 is 0 Å². The Labute approximate surface area is 121 Å². The molecule has 2 rings (SSSR count). The van der Waals surface area contributed by atoms with Gasteiger partial charge in [-0.1, -0.05) is 19.3 Å². The van der Waals surface area contributed by atoms with Crippen molar-refractivity contribution in [3.8, 4) is 0 Å². The smallest absolute Gasteiger partial charge is 0.253 e. The second-order valence-electron chi connectivity index (χ2n) is 5.88. The molecule has 0 atom stereocenters. The van der Waals surface area contributed by atoms with Gasteiger partial charge in [-0.3, -0.25) is 4.79 Å². The summed E-state index contributed by atoms with van der Waals surface area (Å²) in [4.78, 5) is 16.4. The normalized spacial score (nSPS) is 15.9. The predicted octanol–water partition coefficient (Wildman–Crippen LogP) is 2.74. The standard InChI is InChI=1S/C16H25N3O/c1-18(2)15-10-9-12(11-14(15)17)16(20)19(3)13-7-5-4-6-8-13/h9-11,13H,4-8,17H2,1-3H3. The molecule has 110 valence electrons. The van der Waals surface area contributed by atoms with Crippen molar-refractivity contribution in [3.63, 3.8) is 0 Å². The zero-order chi connectivity index (χ0) is 14.7. The largest absolute Gasteiger partial charge is 0.397 e. The van der Waals surface area contributed by atoms with Crippen LogP contribution in [-0.2, 0) is 0 Å². The summed E-state index contributed by atoms with van der Waals surface area (Å²) in [6, 6.07) is 5.95. The van der Waals surface area contributed by atoms with Crippen molar-refractivity contribution < 1.29 is 4.79 Å². The van der Waals surface area contributed by atoms with E-state index >= 15 is 0 Å². The Morgan fingerprint density at radius 1 is 1.15 bits per heavy atom. The van der Waals surface area contributed by atoms with Gasteiger partial charge in [-0.05, 0) is 31.0 Å². The number of carbonyl (C=O) groups is 1. The zero-order valence-corrected chi connectivity index (χ0v) is 12.7. The van der Waals surface area contributed by atoms with Crippen LogP contribution in [0.3, 0.4) is 0 Å². The van der Waals surface area contributed by atoms with Gasteiger partial charge in [0.05, 0.1) is 11.4 Å². The molecule has 0 unspecified atom stereocenters. The maximum absolute atomic E-state index is 12.5. The number of nitrogens with zero attached hydrogens (tertiary/aromatic N) is 2. The lowest BCUT2D eigenvalue weighted by atomic mass is 9.94. The van der Waals surface area contributed by atoms with E-state index < -0.39 is 0 Å². The predicted molar refractivity (Wildman–Crippen MR) is 84.1 cm³/mol. The Kier molecular flexibility index (Phi) is 4.53. The molecule has 4 heteroatoms. The molecule has 0 aromatic heterocycles. The lowest BCUT2D eigenvalue weighted by Gasteiger charge is -2.31. The van der Waals surface area contributed by atoms with Crippen molar-refractivity contribution in [2.75, 3.05) is 31.8 Å². The van der Waals surface area contributed by atoms with Crippen LogP contribution in [0.4, 0.5) is 11.4 Å². The van der Waals surface area contributed by atoms with Crippen molar-refractivity contribution in [2.24, 2.45) is 0 Å². The highest BCUT2D eigenvalue weighted by Crippen LogP contribution is 2.26. The lowest BCUT2D eigenvalue weighted by Crippen LogP contribution is -2.38. The molecule has 1 aliphatic carbocycles. The fourth-order valence-electron chi connectivity index (χ4n) is 2.93. The van der Waals surface area contributed by atoms with E-state index in [1.165, 1.54) is 19.3 Å². The molecule has 1 aliphatic rings. The third-order valence-corrected chi connectivity index (χ3v) is 4.20. The molecule has 1 amide bonds. The molecule has 1 aromatic rings. The fraction of sp³-hybridized carbons (Fsp3) is 0.562. The lowest BCUT2D eigenvalue weighted by molar-refractivity contribution is 0.0696. The van der Waals surface area contributed by atoms with Gasteiger partial charge in [0.1, 0.15) is 0 Å². The van der Waals surface area contributed by atoms with E-state index in [4.69, 9.17) is 5.73 Å². The molecule has 4 nitrogen and oxygen atoms in total. The molecule has 20 heavy (non-hydrogen) atoms. The third kappa shape index (κ3) is 3.06. The molecule has 0 aliphatic heterocycles. The van der Waals surface area contributed by atoms with Crippen LogP contribution < -0.4 is 10.6 Å². The van der Waals surface area contributed by atoms with Gasteiger partial charge in [0.2, 0.25) is 0 Å². The summed E-state index contributed by atoms with van der Waals surface area (Å²) in [7, 11) is 5.80. The number of hydrogen-bond acceptors (Lipinski definition) is 3. The first-order chi connectivity index (χ1) is 9.50. The van der Waals surface area contributed by atoms with Crippen LogP contribution in [0.25, 0.3) is 0 Å². The summed E-state index contributed by atoms with van der Waals surface area (Å²) >= 11 is 0. The van der Waals surface area contributed by atoms with Crippen LogP contribution in [0.1, 0.15) is 42.5 Å². The van der Waals surface area contributed by atoms with E-state index in [1.807, 2.05) is 43.1 Å². The summed E-state index contributed by atoms with van der Waals surface area (Å²) in [6.07, 6.45) is 5.98. The SMILES string of the molecule is CN(C)c1ccc(C(=O)N(C)C2CCCCC2)cc1N. The maximum atomic E-state index is 12.5. The van der Waals surface area contributed by atoms with Crippen LogP contribution in [0.5, 0.6) is 0 Å². The highest BCUT2D eigenvalue weighted by Gasteiger charge is 2.23. The second-order valence-corrected chi connectivity index (χ2v) is 5.88. The highest BCUT2D eigenvalue weighted by atomic mass is 16.2. The monoisotopic (exact) mass is 275 g/mol. The van der Waals surface area contributed by atoms with Crippen molar-refractivity contribution >= 4 is 17.3 Å². The van der Waals surface area contributed by atoms with E-state index in [-0.39, 0.29) is 5.91 Å². The third-order valence-electron chi connectivity index (χ3n) is 4.20. The number of benzene rings is 1. The van der Waals surface area contributed by atoms with Gasteiger partial charge < -0.3 is 15.5 Å². The average Bonchev–Trinajstić information content (AvgIpc) is 2.46. The zero-order valence-electron chi connectivity index (χ0n) is 12.7. The van der Waals surface area contributed by atoms with Crippen molar-refractivity contribution in [1.29, 1.82) is 0 Å². The number of nitrogen functional groups attached to an aromatic ring is 1. The first-order valence-electron chi connectivity index (χ1n) is 7.34. The molecular weight excluding hydrogens is 250 g/mol. The van der Waals surface area contributed by atoms with Crippen LogP contribution in [0.15, 0.2) is 18.2 Å². The number of hydrogen-bond donors (Lipinski definition) is 1. The van der Waals surface area contributed by atoms with Gasteiger partial charge in [-0.25, -0.2) is 0 Å². The van der Waals surface area contributed by atoms with Crippen LogP contribution in [0.2, 0.25) is 0 Å². The topological polar surface area (TPSA) is 49.6 Å². The average molecular weight is 275 g/mol.